The van der Waals surface area contributed by atoms with E-state index in [0.29, 0.717) is 59.1 Å². The minimum atomic E-state index is -0.468. The zero-order valence-electron chi connectivity index (χ0n) is 17.9. The van der Waals surface area contributed by atoms with Crippen LogP contribution in [0.5, 0.6) is 5.75 Å². The SMILES string of the molecule is COc1c(C(C)n2nc(C)c3c(N)ncnc32)cc(Cl)c(F)c1C1CN(C[C@H](C)O)C1. The number of aliphatic hydroxyl groups excluding tert-OH is 1. The fourth-order valence-electron chi connectivity index (χ4n) is 4.40. The number of halogens is 2. The molecule has 2 atom stereocenters. The van der Waals surface area contributed by atoms with Crippen LogP contribution in [0.3, 0.4) is 0 Å². The lowest BCUT2D eigenvalue weighted by Crippen LogP contribution is -2.48. The van der Waals surface area contributed by atoms with Gasteiger partial charge in [0, 0.05) is 36.7 Å². The average molecular weight is 449 g/mol. The molecule has 1 fully saturated rings. The van der Waals surface area contributed by atoms with E-state index in [4.69, 9.17) is 22.1 Å². The molecule has 0 radical (unpaired) electrons. The van der Waals surface area contributed by atoms with Crippen molar-refractivity contribution in [3.63, 3.8) is 0 Å². The maximum Gasteiger partial charge on any atom is 0.164 e. The first-order valence-electron chi connectivity index (χ1n) is 10.1. The molecule has 0 bridgehead atoms. The minimum absolute atomic E-state index is 0.0361. The van der Waals surface area contributed by atoms with Crippen LogP contribution in [0.25, 0.3) is 11.0 Å². The first-order valence-corrected chi connectivity index (χ1v) is 10.5. The summed E-state index contributed by atoms with van der Waals surface area (Å²) >= 11 is 6.31. The van der Waals surface area contributed by atoms with Gasteiger partial charge in [-0.05, 0) is 26.8 Å². The van der Waals surface area contributed by atoms with Gasteiger partial charge in [-0.15, -0.1) is 0 Å². The van der Waals surface area contributed by atoms with Crippen molar-refractivity contribution in [2.24, 2.45) is 0 Å². The van der Waals surface area contributed by atoms with Gasteiger partial charge in [-0.2, -0.15) is 5.10 Å². The molecular weight excluding hydrogens is 423 g/mol. The summed E-state index contributed by atoms with van der Waals surface area (Å²) in [6, 6.07) is 1.25. The number of methoxy groups -OCH3 is 1. The molecule has 10 heteroatoms. The number of nitrogens with two attached hydrogens (primary N) is 1. The zero-order valence-corrected chi connectivity index (χ0v) is 18.7. The Morgan fingerprint density at radius 1 is 1.35 bits per heavy atom. The monoisotopic (exact) mass is 448 g/mol. The molecule has 1 aliphatic rings. The highest BCUT2D eigenvalue weighted by Gasteiger charge is 2.36. The van der Waals surface area contributed by atoms with Crippen LogP contribution in [0.4, 0.5) is 10.2 Å². The highest BCUT2D eigenvalue weighted by Crippen LogP contribution is 2.43. The van der Waals surface area contributed by atoms with E-state index in [0.717, 1.165) is 0 Å². The average Bonchev–Trinajstić information content (AvgIpc) is 3.03. The number of β-amino-alcohol motifs (C(OH)–C–C–N with tert-alkyl or cyclic N) is 1. The second-order valence-corrected chi connectivity index (χ2v) is 8.54. The van der Waals surface area contributed by atoms with E-state index in [1.807, 2.05) is 13.8 Å². The maximum atomic E-state index is 15.1. The molecule has 1 aromatic carbocycles. The van der Waals surface area contributed by atoms with Gasteiger partial charge in [-0.25, -0.2) is 19.0 Å². The third-order valence-electron chi connectivity index (χ3n) is 5.84. The number of aliphatic hydroxyl groups is 1. The standard InChI is InChI=1S/C21H26ClFN6O2/c1-10(30)6-28-7-13(8-28)17-18(23)15(22)5-14(19(17)31-4)12(3)29-21-16(11(2)27-29)20(24)25-9-26-21/h5,9-10,12-13,30H,6-8H2,1-4H3,(H2,24,25,26)/t10-,12?/m0/s1. The lowest BCUT2D eigenvalue weighted by atomic mass is 9.87. The first-order chi connectivity index (χ1) is 14.7. The second kappa shape index (κ2) is 8.22. The van der Waals surface area contributed by atoms with Gasteiger partial charge in [0.1, 0.15) is 23.7 Å². The predicted octanol–water partition coefficient (Wildman–Crippen LogP) is 2.91. The number of rotatable bonds is 6. The summed E-state index contributed by atoms with van der Waals surface area (Å²) < 4.78 is 22.6. The number of hydrogen-bond donors (Lipinski definition) is 2. The Bertz CT molecular complexity index is 1130. The third kappa shape index (κ3) is 3.71. The van der Waals surface area contributed by atoms with Gasteiger partial charge < -0.3 is 15.6 Å². The molecular formula is C21H26ClFN6O2. The number of hydrogen-bond acceptors (Lipinski definition) is 7. The van der Waals surface area contributed by atoms with Crippen molar-refractivity contribution in [1.82, 2.24) is 24.6 Å². The van der Waals surface area contributed by atoms with Gasteiger partial charge in [-0.1, -0.05) is 11.6 Å². The van der Waals surface area contributed by atoms with Crippen molar-refractivity contribution in [3.05, 3.63) is 40.1 Å². The molecule has 8 nitrogen and oxygen atoms in total. The highest BCUT2D eigenvalue weighted by molar-refractivity contribution is 6.31. The number of aryl methyl sites for hydroxylation is 1. The van der Waals surface area contributed by atoms with Crippen LogP contribution in [-0.2, 0) is 0 Å². The van der Waals surface area contributed by atoms with Gasteiger partial charge in [0.25, 0.3) is 0 Å². The zero-order chi connectivity index (χ0) is 22.4. The molecule has 31 heavy (non-hydrogen) atoms. The van der Waals surface area contributed by atoms with Crippen molar-refractivity contribution in [2.45, 2.75) is 38.8 Å². The molecule has 0 aliphatic carbocycles. The Kier molecular flexibility index (Phi) is 5.76. The van der Waals surface area contributed by atoms with Crippen molar-refractivity contribution in [3.8, 4) is 5.75 Å². The molecule has 1 saturated heterocycles. The fourth-order valence-corrected chi connectivity index (χ4v) is 4.62. The van der Waals surface area contributed by atoms with Gasteiger partial charge in [0.05, 0.1) is 35.4 Å². The van der Waals surface area contributed by atoms with Crippen molar-refractivity contribution in [1.29, 1.82) is 0 Å². The smallest absolute Gasteiger partial charge is 0.164 e. The lowest BCUT2D eigenvalue weighted by Gasteiger charge is -2.41. The van der Waals surface area contributed by atoms with E-state index in [9.17, 15) is 5.11 Å². The van der Waals surface area contributed by atoms with Crippen LogP contribution in [0, 0.1) is 12.7 Å². The van der Waals surface area contributed by atoms with E-state index in [1.54, 1.807) is 17.7 Å². The van der Waals surface area contributed by atoms with E-state index >= 15 is 4.39 Å². The van der Waals surface area contributed by atoms with Crippen LogP contribution in [0.2, 0.25) is 5.02 Å². The normalized spacial score (nSPS) is 17.0. The van der Waals surface area contributed by atoms with Gasteiger partial charge in [0.2, 0.25) is 0 Å². The Hall–Kier alpha value is -2.49. The van der Waals surface area contributed by atoms with Gasteiger partial charge >= 0.3 is 0 Å². The minimum Gasteiger partial charge on any atom is -0.496 e. The van der Waals surface area contributed by atoms with E-state index in [-0.39, 0.29) is 17.0 Å². The summed E-state index contributed by atoms with van der Waals surface area (Å²) in [7, 11) is 1.53. The number of fused-ring (bicyclic) bond motifs is 1. The predicted molar refractivity (Wildman–Crippen MR) is 117 cm³/mol. The fraction of sp³-hybridized carbons (Fsp3) is 0.476. The summed E-state index contributed by atoms with van der Waals surface area (Å²) in [6.07, 6.45) is 0.960. The quantitative estimate of drug-likeness (QED) is 0.597. The number of nitrogens with zero attached hydrogens (tertiary/aromatic N) is 5. The summed E-state index contributed by atoms with van der Waals surface area (Å²) in [5, 5.41) is 14.9. The number of anilines is 1. The molecule has 3 heterocycles. The number of likely N-dealkylation sites (tertiary alicyclic amines) is 1. The van der Waals surface area contributed by atoms with Crippen molar-refractivity contribution >= 4 is 28.5 Å². The van der Waals surface area contributed by atoms with E-state index in [1.165, 1.54) is 13.4 Å². The molecule has 1 unspecified atom stereocenters. The van der Waals surface area contributed by atoms with E-state index < -0.39 is 11.9 Å². The summed E-state index contributed by atoms with van der Waals surface area (Å²) in [4.78, 5) is 10.5. The Morgan fingerprint density at radius 3 is 2.71 bits per heavy atom. The van der Waals surface area contributed by atoms with Crippen molar-refractivity contribution < 1.29 is 14.2 Å². The Morgan fingerprint density at radius 2 is 2.06 bits per heavy atom. The highest BCUT2D eigenvalue weighted by atomic mass is 35.5. The second-order valence-electron chi connectivity index (χ2n) is 8.14. The van der Waals surface area contributed by atoms with Crippen LogP contribution in [-0.4, -0.2) is 62.6 Å². The topological polar surface area (TPSA) is 102 Å². The molecule has 2 aromatic heterocycles. The molecule has 1 aliphatic heterocycles. The molecule has 4 rings (SSSR count). The molecule has 0 amide bonds. The molecule has 0 saturated carbocycles. The molecule has 166 valence electrons. The Labute approximate surface area is 184 Å². The first kappa shape index (κ1) is 21.7. The largest absolute Gasteiger partial charge is 0.496 e. The van der Waals surface area contributed by atoms with Gasteiger partial charge in [-0.3, -0.25) is 4.90 Å². The van der Waals surface area contributed by atoms with Crippen molar-refractivity contribution in [2.75, 3.05) is 32.5 Å². The molecule has 3 aromatic rings. The lowest BCUT2D eigenvalue weighted by molar-refractivity contribution is 0.0723. The van der Waals surface area contributed by atoms with Crippen LogP contribution in [0.15, 0.2) is 12.4 Å². The summed E-state index contributed by atoms with van der Waals surface area (Å²) in [6.45, 7) is 7.31. The molecule has 3 N–H and O–H groups in total. The van der Waals surface area contributed by atoms with Crippen LogP contribution >= 0.6 is 11.6 Å². The van der Waals surface area contributed by atoms with Crippen LogP contribution < -0.4 is 10.5 Å². The molecule has 0 spiro atoms. The number of ether oxygens (including phenoxy) is 1. The summed E-state index contributed by atoms with van der Waals surface area (Å²) in [5.74, 6) is 0.273. The van der Waals surface area contributed by atoms with E-state index in [2.05, 4.69) is 20.0 Å². The summed E-state index contributed by atoms with van der Waals surface area (Å²) in [5.41, 5.74) is 8.49. The maximum absolute atomic E-state index is 15.1. The third-order valence-corrected chi connectivity index (χ3v) is 6.11. The Balaban J connectivity index is 1.78. The van der Waals surface area contributed by atoms with Gasteiger partial charge in [0.15, 0.2) is 5.65 Å². The van der Waals surface area contributed by atoms with Crippen LogP contribution in [0.1, 0.15) is 42.6 Å². The number of aromatic nitrogens is 4. The number of nitrogen functional groups attached to an aromatic ring is 1. The number of benzene rings is 1.